The van der Waals surface area contributed by atoms with Crippen molar-refractivity contribution in [2.75, 3.05) is 13.2 Å². The lowest BCUT2D eigenvalue weighted by molar-refractivity contribution is -0.150. The first-order valence-corrected chi connectivity index (χ1v) is 6.36. The Hall–Kier alpha value is -1.59. The first-order chi connectivity index (χ1) is 9.24. The van der Waals surface area contributed by atoms with Crippen LogP contribution < -0.4 is 4.74 Å². The van der Waals surface area contributed by atoms with Gasteiger partial charge in [-0.2, -0.15) is 0 Å². The molecule has 2 aliphatic rings. The fraction of sp³-hybridized carbons (Fsp3) is 0.500. The van der Waals surface area contributed by atoms with Crippen LogP contribution in [0.4, 0.5) is 0 Å². The standard InChI is InChI=1S/C14H16O5/c1-9(15)18-11-7-16-14-12(8-17-13(11)14)19-10-5-3-2-4-6-10/h2-6,11-14H,7-8H2,1H3. The molecule has 1 aromatic carbocycles. The van der Waals surface area contributed by atoms with Gasteiger partial charge in [-0.15, -0.1) is 0 Å². The maximum absolute atomic E-state index is 11.0. The average molecular weight is 264 g/mol. The number of benzene rings is 1. The van der Waals surface area contributed by atoms with Crippen molar-refractivity contribution in [1.82, 2.24) is 0 Å². The van der Waals surface area contributed by atoms with Crippen molar-refractivity contribution in [2.45, 2.75) is 31.3 Å². The Labute approximate surface area is 111 Å². The second kappa shape index (κ2) is 5.19. The van der Waals surface area contributed by atoms with Crippen molar-refractivity contribution < 1.29 is 23.7 Å². The van der Waals surface area contributed by atoms with E-state index >= 15 is 0 Å². The highest BCUT2D eigenvalue weighted by Crippen LogP contribution is 2.31. The van der Waals surface area contributed by atoms with Gasteiger partial charge in [0.05, 0.1) is 13.2 Å². The number of carbonyl (C=O) groups is 1. The van der Waals surface area contributed by atoms with Crippen LogP contribution in [0.5, 0.6) is 5.75 Å². The number of fused-ring (bicyclic) bond motifs is 1. The second-order valence-electron chi connectivity index (χ2n) is 4.71. The molecule has 0 spiro atoms. The van der Waals surface area contributed by atoms with Crippen molar-refractivity contribution in [3.05, 3.63) is 30.3 Å². The van der Waals surface area contributed by atoms with E-state index in [2.05, 4.69) is 0 Å². The van der Waals surface area contributed by atoms with Crippen LogP contribution in [0.3, 0.4) is 0 Å². The largest absolute Gasteiger partial charge is 0.485 e. The first kappa shape index (κ1) is 12.4. The van der Waals surface area contributed by atoms with Gasteiger partial charge in [0.2, 0.25) is 0 Å². The summed E-state index contributed by atoms with van der Waals surface area (Å²) in [4.78, 5) is 11.0. The van der Waals surface area contributed by atoms with Gasteiger partial charge in [-0.25, -0.2) is 0 Å². The Kier molecular flexibility index (Phi) is 3.40. The molecule has 3 rings (SSSR count). The van der Waals surface area contributed by atoms with E-state index in [0.29, 0.717) is 13.2 Å². The molecule has 19 heavy (non-hydrogen) atoms. The SMILES string of the molecule is CC(=O)OC1COC2C(Oc3ccccc3)COC12. The van der Waals surface area contributed by atoms with Crippen LogP contribution in [0, 0.1) is 0 Å². The van der Waals surface area contributed by atoms with Gasteiger partial charge in [-0.1, -0.05) is 18.2 Å². The molecule has 4 atom stereocenters. The van der Waals surface area contributed by atoms with Gasteiger partial charge in [-0.05, 0) is 12.1 Å². The summed E-state index contributed by atoms with van der Waals surface area (Å²) in [6, 6.07) is 9.56. The summed E-state index contributed by atoms with van der Waals surface area (Å²) in [7, 11) is 0. The lowest BCUT2D eigenvalue weighted by Crippen LogP contribution is -2.36. The highest BCUT2D eigenvalue weighted by Gasteiger charge is 2.50. The van der Waals surface area contributed by atoms with E-state index in [-0.39, 0.29) is 30.4 Å². The molecule has 0 bridgehead atoms. The number of para-hydroxylation sites is 1. The number of hydrogen-bond donors (Lipinski definition) is 0. The number of carbonyl (C=O) groups excluding carboxylic acids is 1. The smallest absolute Gasteiger partial charge is 0.303 e. The summed E-state index contributed by atoms with van der Waals surface area (Å²) in [5.41, 5.74) is 0. The molecular weight excluding hydrogens is 248 g/mol. The first-order valence-electron chi connectivity index (χ1n) is 6.36. The molecule has 0 aliphatic carbocycles. The summed E-state index contributed by atoms with van der Waals surface area (Å²) >= 11 is 0. The van der Waals surface area contributed by atoms with Crippen molar-refractivity contribution in [3.63, 3.8) is 0 Å². The van der Waals surface area contributed by atoms with Gasteiger partial charge in [0.15, 0.2) is 12.2 Å². The van der Waals surface area contributed by atoms with Gasteiger partial charge >= 0.3 is 5.97 Å². The zero-order valence-corrected chi connectivity index (χ0v) is 10.7. The second-order valence-corrected chi connectivity index (χ2v) is 4.71. The molecule has 2 fully saturated rings. The minimum atomic E-state index is -0.327. The number of ether oxygens (including phenoxy) is 4. The van der Waals surface area contributed by atoms with Crippen LogP contribution in [0.1, 0.15) is 6.92 Å². The number of rotatable bonds is 3. The third-order valence-corrected chi connectivity index (χ3v) is 3.31. The lowest BCUT2D eigenvalue weighted by atomic mass is 10.1. The molecule has 4 unspecified atom stereocenters. The van der Waals surface area contributed by atoms with E-state index < -0.39 is 0 Å². The third-order valence-electron chi connectivity index (χ3n) is 3.31. The molecule has 102 valence electrons. The Bertz CT molecular complexity index is 446. The molecule has 5 nitrogen and oxygen atoms in total. The van der Waals surface area contributed by atoms with Gasteiger partial charge in [0.25, 0.3) is 0 Å². The highest BCUT2D eigenvalue weighted by atomic mass is 16.7. The van der Waals surface area contributed by atoms with Crippen molar-refractivity contribution in [1.29, 1.82) is 0 Å². The summed E-state index contributed by atoms with van der Waals surface area (Å²) in [5.74, 6) is 0.474. The van der Waals surface area contributed by atoms with Crippen molar-refractivity contribution >= 4 is 5.97 Å². The monoisotopic (exact) mass is 264 g/mol. The van der Waals surface area contributed by atoms with Gasteiger partial charge in [-0.3, -0.25) is 4.79 Å². The van der Waals surface area contributed by atoms with E-state index in [0.717, 1.165) is 5.75 Å². The van der Waals surface area contributed by atoms with Crippen LogP contribution >= 0.6 is 0 Å². The predicted octanol–water partition coefficient (Wildman–Crippen LogP) is 1.16. The molecule has 0 radical (unpaired) electrons. The number of esters is 1. The van der Waals surface area contributed by atoms with E-state index in [1.54, 1.807) is 0 Å². The quantitative estimate of drug-likeness (QED) is 0.767. The van der Waals surface area contributed by atoms with Gasteiger partial charge in [0, 0.05) is 6.92 Å². The lowest BCUT2D eigenvalue weighted by Gasteiger charge is -2.17. The topological polar surface area (TPSA) is 54.0 Å². The third kappa shape index (κ3) is 2.57. The normalized spacial score (nSPS) is 32.9. The number of hydrogen-bond acceptors (Lipinski definition) is 5. The summed E-state index contributed by atoms with van der Waals surface area (Å²) in [6.45, 7) is 2.20. The van der Waals surface area contributed by atoms with Crippen LogP contribution in [-0.2, 0) is 19.0 Å². The average Bonchev–Trinajstić information content (AvgIpc) is 2.95. The maximum Gasteiger partial charge on any atom is 0.303 e. The van der Waals surface area contributed by atoms with Gasteiger partial charge < -0.3 is 18.9 Å². The fourth-order valence-electron chi connectivity index (χ4n) is 2.52. The molecule has 0 aromatic heterocycles. The molecule has 0 saturated carbocycles. The molecular formula is C14H16O5. The predicted molar refractivity (Wildman–Crippen MR) is 65.9 cm³/mol. The Morgan fingerprint density at radius 2 is 1.74 bits per heavy atom. The van der Waals surface area contributed by atoms with E-state index in [1.807, 2.05) is 30.3 Å². The summed E-state index contributed by atoms with van der Waals surface area (Å²) in [6.07, 6.45) is -0.887. The molecule has 0 N–H and O–H groups in total. The fourth-order valence-corrected chi connectivity index (χ4v) is 2.52. The molecule has 1 aromatic rings. The molecule has 2 aliphatic heterocycles. The highest BCUT2D eigenvalue weighted by molar-refractivity contribution is 5.66. The zero-order valence-electron chi connectivity index (χ0n) is 10.7. The minimum absolute atomic E-state index is 0.159. The van der Waals surface area contributed by atoms with E-state index in [4.69, 9.17) is 18.9 Å². The Morgan fingerprint density at radius 1 is 1.11 bits per heavy atom. The van der Waals surface area contributed by atoms with Crippen molar-refractivity contribution in [3.8, 4) is 5.75 Å². The van der Waals surface area contributed by atoms with Crippen LogP contribution in [0.2, 0.25) is 0 Å². The van der Waals surface area contributed by atoms with Crippen LogP contribution in [0.25, 0.3) is 0 Å². The molecule has 5 heteroatoms. The molecule has 2 saturated heterocycles. The Balaban J connectivity index is 1.63. The zero-order chi connectivity index (χ0) is 13.2. The van der Waals surface area contributed by atoms with E-state index in [9.17, 15) is 4.79 Å². The molecule has 0 amide bonds. The maximum atomic E-state index is 11.0. The van der Waals surface area contributed by atoms with Crippen LogP contribution in [0.15, 0.2) is 30.3 Å². The van der Waals surface area contributed by atoms with Crippen molar-refractivity contribution in [2.24, 2.45) is 0 Å². The van der Waals surface area contributed by atoms with Crippen LogP contribution in [-0.4, -0.2) is 43.6 Å². The molecule has 2 heterocycles. The summed E-state index contributed by atoms with van der Waals surface area (Å²) < 4.78 is 22.3. The Morgan fingerprint density at radius 3 is 2.42 bits per heavy atom. The minimum Gasteiger partial charge on any atom is -0.485 e. The summed E-state index contributed by atoms with van der Waals surface area (Å²) in [5, 5.41) is 0. The van der Waals surface area contributed by atoms with E-state index in [1.165, 1.54) is 6.92 Å². The van der Waals surface area contributed by atoms with Gasteiger partial charge in [0.1, 0.15) is 18.0 Å².